The maximum absolute atomic E-state index is 8.74. The smallest absolute Gasteiger partial charge is 0.511 e. The first kappa shape index (κ1) is 11.4. The highest BCUT2D eigenvalue weighted by molar-refractivity contribution is 6.22. The van der Waals surface area contributed by atoms with Gasteiger partial charge in [0.1, 0.15) is 0 Å². The van der Waals surface area contributed by atoms with Crippen LogP contribution in [0.1, 0.15) is 13.8 Å². The fourth-order valence-electron chi connectivity index (χ4n) is 0.204. The van der Waals surface area contributed by atoms with Crippen LogP contribution >= 0.6 is 0 Å². The average Bonchev–Trinajstić information content (AvgIpc) is 1.66. The molecule has 0 aliphatic rings. The summed E-state index contributed by atoms with van der Waals surface area (Å²) in [4.78, 5) is 14.3. The molecule has 56 valence electrons. The van der Waals surface area contributed by atoms with E-state index in [-0.39, 0.29) is 0 Å². The maximum atomic E-state index is 8.74. The molecule has 0 radical (unpaired) electrons. The molecule has 0 atom stereocenters. The molecule has 4 nitrogen and oxygen atoms in total. The van der Waals surface area contributed by atoms with Crippen molar-refractivity contribution in [3.05, 3.63) is 0 Å². The Morgan fingerprint density at radius 2 is 1.56 bits per heavy atom. The van der Waals surface area contributed by atoms with Crippen molar-refractivity contribution in [3.63, 3.8) is 0 Å². The van der Waals surface area contributed by atoms with Crippen LogP contribution in [0.25, 0.3) is 0 Å². The van der Waals surface area contributed by atoms with Crippen molar-refractivity contribution in [1.82, 2.24) is 0 Å². The third kappa shape index (κ3) is 94.8. The molecule has 2 N–H and O–H groups in total. The van der Waals surface area contributed by atoms with Gasteiger partial charge in [-0.15, -0.1) is 0 Å². The number of hydrogen-bond acceptors (Lipinski definition) is 2. The molecule has 0 bridgehead atoms. The molecular weight excluding hydrogens is 140 g/mol. The number of ether oxygens (including phenoxy) is 1. The van der Waals surface area contributed by atoms with Crippen LogP contribution in [0.4, 0.5) is 0 Å². The summed E-state index contributed by atoms with van der Waals surface area (Å²) >= 11 is 0. The summed E-state index contributed by atoms with van der Waals surface area (Å²) in [6.07, 6.45) is 0. The van der Waals surface area contributed by atoms with Gasteiger partial charge >= 0.3 is 9.17 Å². The van der Waals surface area contributed by atoms with Crippen LogP contribution in [0.3, 0.4) is 0 Å². The lowest BCUT2D eigenvalue weighted by Gasteiger charge is -1.86. The van der Waals surface area contributed by atoms with Crippen molar-refractivity contribution in [2.75, 3.05) is 13.2 Å². The lowest BCUT2D eigenvalue weighted by atomic mass is 10.8. The van der Waals surface area contributed by atoms with Crippen molar-refractivity contribution < 1.29 is 18.8 Å². The molecule has 0 heterocycles. The summed E-state index contributed by atoms with van der Waals surface area (Å²) in [6, 6.07) is 0. The fraction of sp³-hybridized carbons (Fsp3) is 1.00. The van der Waals surface area contributed by atoms with Crippen molar-refractivity contribution in [2.45, 2.75) is 13.8 Å². The summed E-state index contributed by atoms with van der Waals surface area (Å²) < 4.78 is 13.6. The molecule has 0 rings (SSSR count). The van der Waals surface area contributed by atoms with Crippen molar-refractivity contribution in [3.8, 4) is 0 Å². The lowest BCUT2D eigenvalue weighted by molar-refractivity contribution is 0.162. The second kappa shape index (κ2) is 10.5. The Hall–Kier alpha value is -0.423. The van der Waals surface area contributed by atoms with Crippen LogP contribution in [0.5, 0.6) is 0 Å². The van der Waals surface area contributed by atoms with E-state index >= 15 is 0 Å². The quantitative estimate of drug-likeness (QED) is 0.520. The first-order chi connectivity index (χ1) is 4.15. The maximum Gasteiger partial charge on any atom is 0.761 e. The van der Waals surface area contributed by atoms with E-state index in [1.54, 1.807) is 0 Å². The minimum absolute atomic E-state index is 0.844. The van der Waals surface area contributed by atoms with E-state index in [2.05, 4.69) is 0 Å². The highest BCUT2D eigenvalue weighted by Crippen LogP contribution is 1.64. The normalized spacial score (nSPS) is 7.33. The summed E-state index contributed by atoms with van der Waals surface area (Å²) in [7, 11) is -3.13. The molecule has 5 heteroatoms. The van der Waals surface area contributed by atoms with E-state index in [4.69, 9.17) is 18.8 Å². The standard InChI is InChI=1S/C4H10O.H2O3Si/c1-3-5-4-2;1-4(2)3/h3-4H2,1-2H3;1-2H. The van der Waals surface area contributed by atoms with Crippen LogP contribution < -0.4 is 0 Å². The molecular formula is C4H12O4Si. The Bertz CT molecular complexity index is 59.6. The highest BCUT2D eigenvalue weighted by atomic mass is 28.3. The van der Waals surface area contributed by atoms with Gasteiger partial charge in [0.15, 0.2) is 0 Å². The number of hydrogen-bond donors (Lipinski definition) is 2. The van der Waals surface area contributed by atoms with Gasteiger partial charge in [-0.2, -0.15) is 0 Å². The van der Waals surface area contributed by atoms with Gasteiger partial charge < -0.3 is 14.3 Å². The van der Waals surface area contributed by atoms with Gasteiger partial charge in [-0.3, -0.25) is 4.46 Å². The first-order valence-electron chi connectivity index (χ1n) is 2.64. The molecule has 0 aromatic carbocycles. The summed E-state index contributed by atoms with van der Waals surface area (Å²) in [5, 5.41) is 0. The zero-order valence-electron chi connectivity index (χ0n) is 5.63. The second-order valence-electron chi connectivity index (χ2n) is 1.06. The van der Waals surface area contributed by atoms with Crippen LogP contribution in [0, 0.1) is 0 Å². The minimum atomic E-state index is -3.13. The second-order valence-corrected chi connectivity index (χ2v) is 1.63. The number of rotatable bonds is 2. The molecule has 0 saturated carbocycles. The molecule has 0 fully saturated rings. The lowest BCUT2D eigenvalue weighted by Crippen LogP contribution is -1.90. The Balaban J connectivity index is 0. The topological polar surface area (TPSA) is 66.8 Å². The molecule has 0 aromatic rings. The molecule has 0 unspecified atom stereocenters. The van der Waals surface area contributed by atoms with Crippen molar-refractivity contribution in [2.24, 2.45) is 0 Å². The Labute approximate surface area is 56.0 Å². The average molecular weight is 152 g/mol. The Kier molecular flexibility index (Phi) is 13.3. The van der Waals surface area contributed by atoms with Crippen LogP contribution in [-0.2, 0) is 9.20 Å². The molecule has 0 amide bonds. The van der Waals surface area contributed by atoms with Gasteiger partial charge in [-0.05, 0) is 13.8 Å². The zero-order valence-corrected chi connectivity index (χ0v) is 6.63. The van der Waals surface area contributed by atoms with Gasteiger partial charge in [-0.1, -0.05) is 0 Å². The van der Waals surface area contributed by atoms with E-state index in [0.29, 0.717) is 0 Å². The van der Waals surface area contributed by atoms with E-state index in [1.165, 1.54) is 0 Å². The van der Waals surface area contributed by atoms with Gasteiger partial charge in [0, 0.05) is 13.2 Å². The Morgan fingerprint density at radius 3 is 1.56 bits per heavy atom. The van der Waals surface area contributed by atoms with Crippen LogP contribution in [0.15, 0.2) is 0 Å². The third-order valence-corrected chi connectivity index (χ3v) is 0.408. The molecule has 9 heavy (non-hydrogen) atoms. The van der Waals surface area contributed by atoms with E-state index < -0.39 is 9.17 Å². The predicted octanol–water partition coefficient (Wildman–Crippen LogP) is -0.571. The van der Waals surface area contributed by atoms with Gasteiger partial charge in [0.25, 0.3) is 0 Å². The molecule has 0 saturated heterocycles. The summed E-state index contributed by atoms with van der Waals surface area (Å²) in [5.74, 6) is 0. The fourth-order valence-corrected chi connectivity index (χ4v) is 0.204. The van der Waals surface area contributed by atoms with Crippen molar-refractivity contribution in [1.29, 1.82) is 0 Å². The largest absolute Gasteiger partial charge is 0.761 e. The predicted molar refractivity (Wildman–Crippen MR) is 33.0 cm³/mol. The SMILES string of the molecule is CCOCC.O=[Si](O)O. The van der Waals surface area contributed by atoms with E-state index in [0.717, 1.165) is 13.2 Å². The molecule has 0 spiro atoms. The monoisotopic (exact) mass is 152 g/mol. The highest BCUT2D eigenvalue weighted by Gasteiger charge is 1.85. The van der Waals surface area contributed by atoms with Crippen molar-refractivity contribution >= 4 is 9.17 Å². The van der Waals surface area contributed by atoms with Gasteiger partial charge in [-0.25, -0.2) is 0 Å². The third-order valence-electron chi connectivity index (χ3n) is 0.408. The zero-order chi connectivity index (χ0) is 7.70. The molecule has 0 aliphatic carbocycles. The van der Waals surface area contributed by atoms with E-state index in [9.17, 15) is 0 Å². The summed E-state index contributed by atoms with van der Waals surface area (Å²) in [5.41, 5.74) is 0. The minimum Gasteiger partial charge on any atom is -0.511 e. The first-order valence-corrected chi connectivity index (χ1v) is 3.95. The molecule has 0 aromatic heterocycles. The van der Waals surface area contributed by atoms with E-state index in [1.807, 2.05) is 13.8 Å². The summed E-state index contributed by atoms with van der Waals surface area (Å²) in [6.45, 7) is 5.67. The van der Waals surface area contributed by atoms with Gasteiger partial charge in [0.05, 0.1) is 0 Å². The van der Waals surface area contributed by atoms with Crippen LogP contribution in [0.2, 0.25) is 0 Å². The van der Waals surface area contributed by atoms with Crippen LogP contribution in [-0.4, -0.2) is 32.0 Å². The molecule has 0 aliphatic heterocycles. The van der Waals surface area contributed by atoms with Gasteiger partial charge in [0.2, 0.25) is 0 Å². The Morgan fingerprint density at radius 1 is 1.33 bits per heavy atom.